The number of benzene rings is 2. The van der Waals surface area contributed by atoms with Crippen LogP contribution < -0.4 is 9.47 Å². The van der Waals surface area contributed by atoms with E-state index in [1.807, 2.05) is 69.4 Å². The molecule has 2 aromatic carbocycles. The zero-order valence-corrected chi connectivity index (χ0v) is 15.3. The number of carbonyl (C=O) groups is 1. The molecule has 0 heterocycles. The molecule has 1 amide bonds. The predicted octanol–water partition coefficient (Wildman–Crippen LogP) is 4.21. The van der Waals surface area contributed by atoms with Crippen molar-refractivity contribution in [2.24, 2.45) is 0 Å². The number of para-hydroxylation sites is 1. The van der Waals surface area contributed by atoms with Gasteiger partial charge in [-0.25, -0.2) is 0 Å². The van der Waals surface area contributed by atoms with E-state index in [9.17, 15) is 4.79 Å². The highest BCUT2D eigenvalue weighted by Crippen LogP contribution is 2.17. The molecule has 0 aliphatic carbocycles. The van der Waals surface area contributed by atoms with E-state index < -0.39 is 0 Å². The number of hydrogen-bond acceptors (Lipinski definition) is 3. The zero-order valence-electron chi connectivity index (χ0n) is 15.3. The second-order valence-corrected chi connectivity index (χ2v) is 6.04. The molecule has 0 aliphatic heterocycles. The minimum Gasteiger partial charge on any atom is -0.494 e. The van der Waals surface area contributed by atoms with Crippen molar-refractivity contribution >= 4 is 5.91 Å². The van der Waals surface area contributed by atoms with Gasteiger partial charge in [-0.15, -0.1) is 0 Å². The smallest absolute Gasteiger partial charge is 0.222 e. The molecule has 134 valence electrons. The van der Waals surface area contributed by atoms with E-state index in [0.717, 1.165) is 22.6 Å². The number of nitrogens with zero attached hydrogens (tertiary/aromatic N) is 1. The molecule has 0 bridgehead atoms. The maximum Gasteiger partial charge on any atom is 0.222 e. The normalized spacial score (nSPS) is 10.4. The molecule has 0 atom stereocenters. The van der Waals surface area contributed by atoms with Gasteiger partial charge in [0.15, 0.2) is 0 Å². The number of aryl methyl sites for hydroxylation is 1. The van der Waals surface area contributed by atoms with Crippen molar-refractivity contribution in [2.75, 3.05) is 20.3 Å². The Kier molecular flexibility index (Phi) is 7.33. The third-order valence-corrected chi connectivity index (χ3v) is 3.97. The first-order valence-corrected chi connectivity index (χ1v) is 8.74. The molecule has 0 unspecified atom stereocenters. The van der Waals surface area contributed by atoms with E-state index in [4.69, 9.17) is 9.47 Å². The van der Waals surface area contributed by atoms with Crippen LogP contribution in [0.25, 0.3) is 0 Å². The molecular formula is C21H27NO3. The Hall–Kier alpha value is -2.49. The Morgan fingerprint density at radius 3 is 2.44 bits per heavy atom. The predicted molar refractivity (Wildman–Crippen MR) is 100.0 cm³/mol. The van der Waals surface area contributed by atoms with Crippen LogP contribution >= 0.6 is 0 Å². The molecule has 0 aliphatic rings. The molecular weight excluding hydrogens is 314 g/mol. The minimum atomic E-state index is 0.127. The highest BCUT2D eigenvalue weighted by Gasteiger charge is 2.09. The van der Waals surface area contributed by atoms with E-state index in [1.54, 1.807) is 4.90 Å². The van der Waals surface area contributed by atoms with E-state index in [-0.39, 0.29) is 5.91 Å². The van der Waals surface area contributed by atoms with Gasteiger partial charge in [0.25, 0.3) is 0 Å². The van der Waals surface area contributed by atoms with Gasteiger partial charge in [-0.05, 0) is 49.6 Å². The van der Waals surface area contributed by atoms with Crippen LogP contribution in [0.1, 0.15) is 30.9 Å². The summed E-state index contributed by atoms with van der Waals surface area (Å²) in [5.74, 6) is 1.87. The van der Waals surface area contributed by atoms with Gasteiger partial charge < -0.3 is 14.4 Å². The Morgan fingerprint density at radius 2 is 1.76 bits per heavy atom. The summed E-state index contributed by atoms with van der Waals surface area (Å²) in [5, 5.41) is 0. The lowest BCUT2D eigenvalue weighted by molar-refractivity contribution is -0.130. The van der Waals surface area contributed by atoms with Crippen LogP contribution in [0.15, 0.2) is 48.5 Å². The topological polar surface area (TPSA) is 38.8 Å². The first-order valence-electron chi connectivity index (χ1n) is 8.74. The molecule has 0 fully saturated rings. The molecule has 4 nitrogen and oxygen atoms in total. The van der Waals surface area contributed by atoms with Crippen molar-refractivity contribution in [3.63, 3.8) is 0 Å². The summed E-state index contributed by atoms with van der Waals surface area (Å²) in [6, 6.07) is 15.8. The number of rotatable bonds is 9. The molecule has 0 radical (unpaired) electrons. The Morgan fingerprint density at radius 1 is 1.04 bits per heavy atom. The van der Waals surface area contributed by atoms with Crippen LogP contribution in [-0.4, -0.2) is 31.1 Å². The van der Waals surface area contributed by atoms with E-state index >= 15 is 0 Å². The van der Waals surface area contributed by atoms with Crippen LogP contribution in [0.3, 0.4) is 0 Å². The van der Waals surface area contributed by atoms with Gasteiger partial charge >= 0.3 is 0 Å². The van der Waals surface area contributed by atoms with Gasteiger partial charge in [-0.1, -0.05) is 30.3 Å². The molecule has 0 aromatic heterocycles. The second kappa shape index (κ2) is 9.72. The first kappa shape index (κ1) is 18.8. The molecule has 0 saturated heterocycles. The summed E-state index contributed by atoms with van der Waals surface area (Å²) in [7, 11) is 1.83. The van der Waals surface area contributed by atoms with Crippen molar-refractivity contribution < 1.29 is 14.3 Å². The minimum absolute atomic E-state index is 0.127. The summed E-state index contributed by atoms with van der Waals surface area (Å²) in [4.78, 5) is 14.0. The van der Waals surface area contributed by atoms with Gasteiger partial charge in [-0.2, -0.15) is 0 Å². The van der Waals surface area contributed by atoms with Gasteiger partial charge in [0.05, 0.1) is 13.2 Å². The Labute approximate surface area is 150 Å². The molecule has 0 N–H and O–H groups in total. The average Bonchev–Trinajstić information content (AvgIpc) is 2.61. The van der Waals surface area contributed by atoms with Crippen molar-refractivity contribution in [1.82, 2.24) is 4.90 Å². The van der Waals surface area contributed by atoms with Crippen molar-refractivity contribution in [2.45, 2.75) is 33.2 Å². The van der Waals surface area contributed by atoms with Crippen LogP contribution in [0, 0.1) is 6.92 Å². The third-order valence-electron chi connectivity index (χ3n) is 3.97. The summed E-state index contributed by atoms with van der Waals surface area (Å²) in [6.07, 6.45) is 1.19. The lowest BCUT2D eigenvalue weighted by Gasteiger charge is -2.18. The highest BCUT2D eigenvalue weighted by molar-refractivity contribution is 5.75. The van der Waals surface area contributed by atoms with E-state index in [0.29, 0.717) is 32.6 Å². The molecule has 25 heavy (non-hydrogen) atoms. The van der Waals surface area contributed by atoms with Crippen LogP contribution in [0.5, 0.6) is 11.5 Å². The Balaban J connectivity index is 1.72. The largest absolute Gasteiger partial charge is 0.494 e. The van der Waals surface area contributed by atoms with Gasteiger partial charge in [-0.3, -0.25) is 4.79 Å². The summed E-state index contributed by atoms with van der Waals surface area (Å²) < 4.78 is 11.2. The van der Waals surface area contributed by atoms with Crippen LogP contribution in [0.4, 0.5) is 0 Å². The third kappa shape index (κ3) is 6.14. The van der Waals surface area contributed by atoms with Crippen LogP contribution in [0.2, 0.25) is 0 Å². The monoisotopic (exact) mass is 341 g/mol. The second-order valence-electron chi connectivity index (χ2n) is 6.04. The first-order chi connectivity index (χ1) is 12.1. The molecule has 2 rings (SSSR count). The average molecular weight is 341 g/mol. The standard InChI is InChI=1S/C21H27NO3/c1-4-24-19-13-11-18(12-14-19)16-22(3)21(23)10-7-15-25-20-9-6-5-8-17(20)2/h5-6,8-9,11-14H,4,7,10,15-16H2,1-3H3. The summed E-state index contributed by atoms with van der Waals surface area (Å²) in [5.41, 5.74) is 2.21. The fourth-order valence-corrected chi connectivity index (χ4v) is 2.53. The quantitative estimate of drug-likeness (QED) is 0.641. The molecule has 0 saturated carbocycles. The summed E-state index contributed by atoms with van der Waals surface area (Å²) in [6.45, 7) is 5.79. The number of amides is 1. The SMILES string of the molecule is CCOc1ccc(CN(C)C(=O)CCCOc2ccccc2C)cc1. The van der Waals surface area contributed by atoms with Gasteiger partial charge in [0.1, 0.15) is 11.5 Å². The van der Waals surface area contributed by atoms with Crippen molar-refractivity contribution in [3.8, 4) is 11.5 Å². The maximum atomic E-state index is 12.2. The molecule has 2 aromatic rings. The number of hydrogen-bond donors (Lipinski definition) is 0. The number of ether oxygens (including phenoxy) is 2. The van der Waals surface area contributed by atoms with Gasteiger partial charge in [0, 0.05) is 20.0 Å². The lowest BCUT2D eigenvalue weighted by Crippen LogP contribution is -2.26. The fourth-order valence-electron chi connectivity index (χ4n) is 2.53. The summed E-state index contributed by atoms with van der Waals surface area (Å²) >= 11 is 0. The number of carbonyl (C=O) groups excluding carboxylic acids is 1. The van der Waals surface area contributed by atoms with Crippen molar-refractivity contribution in [1.29, 1.82) is 0 Å². The van der Waals surface area contributed by atoms with E-state index in [2.05, 4.69) is 0 Å². The molecule has 0 spiro atoms. The maximum absolute atomic E-state index is 12.2. The Bertz CT molecular complexity index is 667. The fraction of sp³-hybridized carbons (Fsp3) is 0.381. The highest BCUT2D eigenvalue weighted by atomic mass is 16.5. The van der Waals surface area contributed by atoms with Crippen LogP contribution in [-0.2, 0) is 11.3 Å². The zero-order chi connectivity index (χ0) is 18.1. The van der Waals surface area contributed by atoms with E-state index in [1.165, 1.54) is 0 Å². The lowest BCUT2D eigenvalue weighted by atomic mass is 10.2. The van der Waals surface area contributed by atoms with Crippen molar-refractivity contribution in [3.05, 3.63) is 59.7 Å². The molecule has 4 heteroatoms. The van der Waals surface area contributed by atoms with Gasteiger partial charge in [0.2, 0.25) is 5.91 Å².